The summed E-state index contributed by atoms with van der Waals surface area (Å²) < 4.78 is 3.66. The molecule has 7 nitrogen and oxygen atoms in total. The van der Waals surface area contributed by atoms with Gasteiger partial charge < -0.3 is 14.8 Å². The van der Waals surface area contributed by atoms with Gasteiger partial charge in [-0.3, -0.25) is 14.3 Å². The van der Waals surface area contributed by atoms with Gasteiger partial charge in [0.2, 0.25) is 0 Å². The number of carbonyl (C=O) groups excluding carboxylic acids is 2. The number of benzene rings is 1. The highest BCUT2D eigenvalue weighted by Crippen LogP contribution is 2.34. The van der Waals surface area contributed by atoms with Gasteiger partial charge in [0.1, 0.15) is 5.69 Å². The molecule has 4 aromatic rings. The average Bonchev–Trinajstić information content (AvgIpc) is 3.22. The molecular formula is C22H23N5O2. The van der Waals surface area contributed by atoms with Gasteiger partial charge in [-0.25, -0.2) is 4.79 Å². The molecule has 0 saturated heterocycles. The highest BCUT2D eigenvalue weighted by Gasteiger charge is 2.26. The second-order valence-corrected chi connectivity index (χ2v) is 7.45. The quantitative estimate of drug-likeness (QED) is 0.566. The molecule has 7 heteroatoms. The molecule has 0 aliphatic carbocycles. The predicted octanol–water partition coefficient (Wildman–Crippen LogP) is 4.35. The lowest BCUT2D eigenvalue weighted by Crippen LogP contribution is -2.30. The lowest BCUT2D eigenvalue weighted by atomic mass is 10.2. The van der Waals surface area contributed by atoms with Crippen LogP contribution >= 0.6 is 0 Å². The van der Waals surface area contributed by atoms with Gasteiger partial charge in [0.25, 0.3) is 5.91 Å². The molecule has 0 radical (unpaired) electrons. The minimum absolute atomic E-state index is 0.164. The number of para-hydroxylation sites is 1. The average molecular weight is 389 g/mol. The third-order valence-electron chi connectivity index (χ3n) is 4.90. The summed E-state index contributed by atoms with van der Waals surface area (Å²) in [5, 5.41) is 3.77. The van der Waals surface area contributed by atoms with E-state index in [1.165, 1.54) is 9.47 Å². The van der Waals surface area contributed by atoms with Crippen LogP contribution in [0.1, 0.15) is 30.4 Å². The van der Waals surface area contributed by atoms with E-state index in [1.807, 2.05) is 24.3 Å². The van der Waals surface area contributed by atoms with Crippen molar-refractivity contribution in [2.24, 2.45) is 0 Å². The number of hydrogen-bond acceptors (Lipinski definition) is 3. The number of rotatable bonds is 3. The third-order valence-corrected chi connectivity index (χ3v) is 4.90. The van der Waals surface area contributed by atoms with Gasteiger partial charge in [-0.1, -0.05) is 18.2 Å². The Morgan fingerprint density at radius 3 is 2.48 bits per heavy atom. The molecule has 2 amide bonds. The molecule has 3 heterocycles. The standard InChI is InChI=1S/C22H23N5O2/c1-14(2)26-17-10-6-5-9-16(17)20-18(26)12-19(27(20)22(29)25(3)4)21(28)24-15-8-7-11-23-13-15/h5-14H,1-4H3,(H,24,28). The summed E-state index contributed by atoms with van der Waals surface area (Å²) in [6.07, 6.45) is 3.21. The minimum Gasteiger partial charge on any atom is -0.337 e. The number of carbonyl (C=O) groups is 2. The van der Waals surface area contributed by atoms with Gasteiger partial charge in [0.05, 0.1) is 28.4 Å². The van der Waals surface area contributed by atoms with Gasteiger partial charge in [0, 0.05) is 31.7 Å². The number of pyridine rings is 1. The van der Waals surface area contributed by atoms with Crippen LogP contribution in [0.5, 0.6) is 0 Å². The van der Waals surface area contributed by atoms with Crippen LogP contribution in [0.25, 0.3) is 21.9 Å². The highest BCUT2D eigenvalue weighted by atomic mass is 16.2. The van der Waals surface area contributed by atoms with Crippen molar-refractivity contribution in [2.75, 3.05) is 19.4 Å². The first-order valence-corrected chi connectivity index (χ1v) is 9.47. The Morgan fingerprint density at radius 1 is 1.07 bits per heavy atom. The molecule has 1 N–H and O–H groups in total. The minimum atomic E-state index is -0.358. The van der Waals surface area contributed by atoms with Crippen molar-refractivity contribution >= 4 is 39.6 Å². The molecule has 29 heavy (non-hydrogen) atoms. The molecule has 0 fully saturated rings. The molecule has 0 aliphatic heterocycles. The fourth-order valence-electron chi connectivity index (χ4n) is 3.71. The summed E-state index contributed by atoms with van der Waals surface area (Å²) in [6.45, 7) is 4.18. The van der Waals surface area contributed by atoms with E-state index in [9.17, 15) is 9.59 Å². The van der Waals surface area contributed by atoms with E-state index in [0.717, 1.165) is 21.9 Å². The van der Waals surface area contributed by atoms with Gasteiger partial charge in [0.15, 0.2) is 0 Å². The predicted molar refractivity (Wildman–Crippen MR) is 114 cm³/mol. The first-order chi connectivity index (χ1) is 13.9. The lowest BCUT2D eigenvalue weighted by Gasteiger charge is -2.15. The van der Waals surface area contributed by atoms with Crippen molar-refractivity contribution in [3.8, 4) is 0 Å². The zero-order valence-corrected chi connectivity index (χ0v) is 16.9. The Morgan fingerprint density at radius 2 is 1.83 bits per heavy atom. The summed E-state index contributed by atoms with van der Waals surface area (Å²) >= 11 is 0. The number of nitrogens with one attached hydrogen (secondary N) is 1. The van der Waals surface area contributed by atoms with Gasteiger partial charge >= 0.3 is 6.03 Å². The summed E-state index contributed by atoms with van der Waals surface area (Å²) in [4.78, 5) is 31.7. The zero-order valence-electron chi connectivity index (χ0n) is 16.9. The largest absolute Gasteiger partial charge is 0.337 e. The Bertz CT molecular complexity index is 1220. The number of anilines is 1. The van der Waals surface area contributed by atoms with E-state index in [-0.39, 0.29) is 23.7 Å². The van der Waals surface area contributed by atoms with E-state index < -0.39 is 0 Å². The number of hydrogen-bond donors (Lipinski definition) is 1. The van der Waals surface area contributed by atoms with E-state index in [2.05, 4.69) is 28.7 Å². The lowest BCUT2D eigenvalue weighted by molar-refractivity contribution is 0.101. The van der Waals surface area contributed by atoms with Crippen LogP contribution in [-0.2, 0) is 0 Å². The highest BCUT2D eigenvalue weighted by molar-refractivity contribution is 6.16. The SMILES string of the molecule is CC(C)n1c2ccccc2c2c1cc(C(=O)Nc1cccnc1)n2C(=O)N(C)C. The van der Waals surface area contributed by atoms with E-state index in [1.54, 1.807) is 44.7 Å². The molecular weight excluding hydrogens is 366 g/mol. The molecule has 0 saturated carbocycles. The van der Waals surface area contributed by atoms with Crippen LogP contribution in [0.2, 0.25) is 0 Å². The van der Waals surface area contributed by atoms with Crippen molar-refractivity contribution < 1.29 is 9.59 Å². The maximum Gasteiger partial charge on any atom is 0.328 e. The van der Waals surface area contributed by atoms with Crippen molar-refractivity contribution in [1.82, 2.24) is 19.0 Å². The zero-order chi connectivity index (χ0) is 20.7. The van der Waals surface area contributed by atoms with Crippen LogP contribution in [0.4, 0.5) is 10.5 Å². The maximum atomic E-state index is 13.1. The normalized spacial score (nSPS) is 11.3. The van der Waals surface area contributed by atoms with Crippen LogP contribution < -0.4 is 5.32 Å². The first-order valence-electron chi connectivity index (χ1n) is 9.47. The second-order valence-electron chi connectivity index (χ2n) is 7.45. The molecule has 0 atom stereocenters. The number of fused-ring (bicyclic) bond motifs is 3. The van der Waals surface area contributed by atoms with Gasteiger partial charge in [-0.15, -0.1) is 0 Å². The Labute approximate surface area is 168 Å². The van der Waals surface area contributed by atoms with Crippen LogP contribution in [0.15, 0.2) is 54.9 Å². The number of amides is 2. The number of nitrogens with zero attached hydrogens (tertiary/aromatic N) is 4. The van der Waals surface area contributed by atoms with E-state index >= 15 is 0 Å². The summed E-state index contributed by atoms with van der Waals surface area (Å²) in [7, 11) is 3.36. The molecule has 1 aromatic carbocycles. The van der Waals surface area contributed by atoms with Crippen molar-refractivity contribution in [3.63, 3.8) is 0 Å². The van der Waals surface area contributed by atoms with Gasteiger partial charge in [-0.05, 0) is 38.1 Å². The third kappa shape index (κ3) is 3.04. The van der Waals surface area contributed by atoms with Crippen LogP contribution in [0.3, 0.4) is 0 Å². The van der Waals surface area contributed by atoms with Crippen molar-refractivity contribution in [1.29, 1.82) is 0 Å². The topological polar surface area (TPSA) is 72.2 Å². The molecule has 0 aliphatic rings. The molecule has 0 bridgehead atoms. The summed E-state index contributed by atoms with van der Waals surface area (Å²) in [6, 6.07) is 13.1. The smallest absolute Gasteiger partial charge is 0.328 e. The van der Waals surface area contributed by atoms with Crippen molar-refractivity contribution in [2.45, 2.75) is 19.9 Å². The van der Waals surface area contributed by atoms with E-state index in [4.69, 9.17) is 0 Å². The fourth-order valence-corrected chi connectivity index (χ4v) is 3.71. The van der Waals surface area contributed by atoms with Crippen LogP contribution in [0, 0.1) is 0 Å². The Balaban J connectivity index is 1.99. The molecule has 0 spiro atoms. The Kier molecular flexibility index (Phi) is 4.58. The van der Waals surface area contributed by atoms with E-state index in [0.29, 0.717) is 5.69 Å². The molecule has 148 valence electrons. The van der Waals surface area contributed by atoms with Crippen LogP contribution in [-0.4, -0.2) is 45.1 Å². The molecule has 0 unspecified atom stereocenters. The summed E-state index contributed by atoms with van der Waals surface area (Å²) in [5.74, 6) is -0.358. The van der Waals surface area contributed by atoms with Crippen molar-refractivity contribution in [3.05, 3.63) is 60.6 Å². The Hall–Kier alpha value is -3.61. The fraction of sp³-hybridized carbons (Fsp3) is 0.227. The maximum absolute atomic E-state index is 13.1. The first kappa shape index (κ1) is 18.7. The molecule has 4 rings (SSSR count). The van der Waals surface area contributed by atoms with Gasteiger partial charge in [-0.2, -0.15) is 0 Å². The monoisotopic (exact) mass is 389 g/mol. The molecule has 3 aromatic heterocycles. The number of aromatic nitrogens is 3. The summed E-state index contributed by atoms with van der Waals surface area (Å²) in [5.41, 5.74) is 3.49. The second kappa shape index (κ2) is 7.09.